The van der Waals surface area contributed by atoms with Crippen molar-refractivity contribution in [3.05, 3.63) is 88.9 Å². The number of nitrogens with one attached hydrogen (secondary N) is 1. The molecule has 2 saturated heterocycles. The summed E-state index contributed by atoms with van der Waals surface area (Å²) in [6, 6.07) is 10.3. The fourth-order valence-electron chi connectivity index (χ4n) is 15.8. The van der Waals surface area contributed by atoms with Gasteiger partial charge in [0.05, 0.1) is 41.3 Å². The number of hydrogen-bond acceptors (Lipinski definition) is 18. The van der Waals surface area contributed by atoms with Gasteiger partial charge in [0, 0.05) is 108 Å². The summed E-state index contributed by atoms with van der Waals surface area (Å²) >= 11 is 0. The maximum Gasteiger partial charge on any atom is 2.00 e. The number of allylic oxidation sites excluding steroid dienone is 6. The first-order valence-electron chi connectivity index (χ1n) is 31.3. The van der Waals surface area contributed by atoms with E-state index in [1.54, 1.807) is 11.5 Å². The summed E-state index contributed by atoms with van der Waals surface area (Å²) in [6.45, 7) is 20.0. The number of amides is 7. The van der Waals surface area contributed by atoms with Gasteiger partial charge in [-0.05, 0) is 105 Å². The number of fused-ring (bicyclic) bond motifs is 8. The van der Waals surface area contributed by atoms with Gasteiger partial charge in [0.25, 0.3) is 0 Å². The van der Waals surface area contributed by atoms with Crippen LogP contribution in [0.2, 0.25) is 0 Å². The first-order chi connectivity index (χ1) is 44.0. The van der Waals surface area contributed by atoms with Crippen molar-refractivity contribution in [1.82, 2.24) is 14.9 Å². The average molecular weight is 1380 g/mol. The molecule has 8 bridgehead atoms. The molecule has 0 saturated carbocycles. The van der Waals surface area contributed by atoms with Crippen molar-refractivity contribution in [3.8, 4) is 0 Å². The van der Waals surface area contributed by atoms with Crippen molar-refractivity contribution >= 4 is 88.1 Å². The molecule has 6 aliphatic heterocycles. The van der Waals surface area contributed by atoms with E-state index in [-0.39, 0.29) is 94.0 Å². The minimum absolute atomic E-state index is 0. The van der Waals surface area contributed by atoms with Crippen LogP contribution < -0.4 is 39.7 Å². The zero-order valence-corrected chi connectivity index (χ0v) is 56.7. The molecule has 2 aromatic carbocycles. The average Bonchev–Trinajstić information content (AvgIpc) is 1.53. The summed E-state index contributed by atoms with van der Waals surface area (Å²) in [5.41, 5.74) is 34.8. The molecule has 28 nitrogen and oxygen atoms in total. The van der Waals surface area contributed by atoms with E-state index in [0.717, 1.165) is 10.8 Å². The van der Waals surface area contributed by atoms with Crippen LogP contribution >= 0.6 is 7.82 Å². The SMILES string of the molecule is C/C1=C2N=C(/C=C3N=C(/C(C)=C4\[N-]C(C(CC(N)=O)C4(C)CCC(=O)NCC(C)OP(=O)(O)OC4C(CO)OC(n5cnc6cc7ccccc7cc65)C4O)C4(C)N=C1C(CCC(N)=O)C4(C)CC(N)=O)C(CCC(N)=O)C\3(C)C)C(CCC(N)=O)C/2(C)CC(N)=O.[C-]#N.[Co+2]. The first kappa shape index (κ1) is 74.9. The van der Waals surface area contributed by atoms with Crippen LogP contribution in [0, 0.1) is 57.2 Å². The fraction of sp³-hybridized carbons (Fsp3) is 0.569. The minimum Gasteiger partial charge on any atom is -0.682 e. The molecule has 0 spiro atoms. The maximum absolute atomic E-state index is 14.4. The van der Waals surface area contributed by atoms with Gasteiger partial charge in [-0.3, -0.25) is 57.6 Å². The van der Waals surface area contributed by atoms with Crippen molar-refractivity contribution in [2.24, 2.45) is 94.7 Å². The number of aliphatic hydroxyl groups excluding tert-OH is 2. The molecular weight excluding hydrogens is 1290 g/mol. The van der Waals surface area contributed by atoms with Crippen molar-refractivity contribution in [2.45, 2.75) is 175 Å². The number of imidazole rings is 1. The van der Waals surface area contributed by atoms with Crippen molar-refractivity contribution in [3.63, 3.8) is 0 Å². The first-order valence-corrected chi connectivity index (χ1v) is 32.8. The molecule has 9 rings (SSSR count). The van der Waals surface area contributed by atoms with Crippen molar-refractivity contribution in [2.75, 3.05) is 13.2 Å². The van der Waals surface area contributed by atoms with Gasteiger partial charge in [0.1, 0.15) is 18.3 Å². The number of aromatic nitrogens is 2. The molecule has 1 radical (unpaired) electrons. The van der Waals surface area contributed by atoms with Crippen LogP contribution in [0.15, 0.2) is 92.0 Å². The summed E-state index contributed by atoms with van der Waals surface area (Å²) in [6.07, 6.45) is -4.57. The monoisotopic (exact) mass is 1380 g/mol. The Morgan fingerprint density at radius 2 is 1.39 bits per heavy atom. The predicted molar refractivity (Wildman–Crippen MR) is 347 cm³/mol. The third-order valence-corrected chi connectivity index (χ3v) is 21.9. The van der Waals surface area contributed by atoms with Crippen molar-refractivity contribution in [1.29, 1.82) is 5.26 Å². The number of carbonyl (C=O) groups excluding carboxylic acids is 7. The number of benzene rings is 2. The molecule has 0 aliphatic carbocycles. The normalized spacial score (nSPS) is 32.7. The Morgan fingerprint density at radius 3 is 1.97 bits per heavy atom. The van der Waals surface area contributed by atoms with Crippen molar-refractivity contribution < 1.29 is 83.8 Å². The van der Waals surface area contributed by atoms with Gasteiger partial charge >= 0.3 is 24.6 Å². The van der Waals surface area contributed by atoms with E-state index in [1.165, 1.54) is 13.3 Å². The van der Waals surface area contributed by atoms with Gasteiger partial charge in [-0.15, -0.1) is 0 Å². The van der Waals surface area contributed by atoms with Crippen LogP contribution in [0.25, 0.3) is 27.1 Å². The molecule has 15 atom stereocenters. The number of nitrogens with zero attached hydrogens (tertiary/aromatic N) is 7. The molecule has 7 heterocycles. The Kier molecular flexibility index (Phi) is 22.6. The quantitative estimate of drug-likeness (QED) is 0.0388. The zero-order chi connectivity index (χ0) is 69.5. The van der Waals surface area contributed by atoms with Crippen LogP contribution in [0.1, 0.15) is 139 Å². The number of phosphoric ester groups is 1. The Balaban J connectivity index is 0.00000421. The number of aliphatic imine (C=N–C) groups is 3. The number of ether oxygens (including phenoxy) is 1. The third kappa shape index (κ3) is 14.5. The smallest absolute Gasteiger partial charge is 0.682 e. The van der Waals surface area contributed by atoms with Gasteiger partial charge in [-0.2, -0.15) is 5.70 Å². The number of primary amides is 6. The second kappa shape index (κ2) is 28.7. The molecule has 3 aromatic rings. The van der Waals surface area contributed by atoms with E-state index in [9.17, 15) is 53.2 Å². The summed E-state index contributed by atoms with van der Waals surface area (Å²) in [5, 5.41) is 38.4. The fourth-order valence-corrected chi connectivity index (χ4v) is 16.9. The molecule has 1 aromatic heterocycles. The second-order valence-corrected chi connectivity index (χ2v) is 28.6. The van der Waals surface area contributed by atoms with E-state index in [4.69, 9.17) is 80.3 Å². The number of aliphatic hydroxyl groups is 2. The van der Waals surface area contributed by atoms with Gasteiger partial charge < -0.3 is 81.3 Å². The topological polar surface area (TPSA) is 486 Å². The minimum atomic E-state index is -5.09. The number of phosphoric acid groups is 1. The molecule has 30 heteroatoms. The Labute approximate surface area is 561 Å². The molecule has 7 amide bonds. The molecule has 95 heavy (non-hydrogen) atoms. The summed E-state index contributed by atoms with van der Waals surface area (Å²) in [5.74, 6) is -7.36. The van der Waals surface area contributed by atoms with Gasteiger partial charge in [0.15, 0.2) is 6.23 Å². The summed E-state index contributed by atoms with van der Waals surface area (Å²) < 4.78 is 32.4. The summed E-state index contributed by atoms with van der Waals surface area (Å²) in [7, 11) is -5.09. The van der Waals surface area contributed by atoms with Crippen LogP contribution in [0.4, 0.5) is 0 Å². The molecule has 2 fully saturated rings. The van der Waals surface area contributed by atoms with Crippen LogP contribution in [-0.4, -0.2) is 132 Å². The van der Waals surface area contributed by atoms with E-state index >= 15 is 0 Å². The standard InChI is InChI=1S/C64H88N13O14P.CN.Co/c1-31(90-92(87,88)91-55-43(29-78)89-59(54(55)86)77-30-72-41-22-34-12-10-11-13-35(34)23-42(41)77)28-71-51(85)20-21-61(6)39(24-48(68)82)58-64(9)63(8,27-50(70)84)38(16-19-47(67)81)53(76-64)33(3)57-62(7,26-49(69)83)36(14-17-45(65)79)40(73-57)25-44-60(4,5)37(15-18-46(66)80)52(74-44)32(2)56(61)75-58;1-2;/h10-13,22-23,25,30-31,36-39,43,54-55,58-59,78,86H,14-21,24,26-29H2,1-9H3,(H15,65,66,67,68,69,70,71,73,74,75,76,79,80,81,82,83,84,85,87,88);;/q;-1;+2/p-1. The molecule has 16 N–H and O–H groups in total. The molecule has 6 aliphatic rings. The predicted octanol–water partition coefficient (Wildman–Crippen LogP) is 4.58. The van der Waals surface area contributed by atoms with E-state index in [2.05, 4.69) is 10.3 Å². The number of hydrogen-bond donors (Lipinski definition) is 10. The van der Waals surface area contributed by atoms with Crippen LogP contribution in [0.5, 0.6) is 0 Å². The molecular formula is C65H87CoN14O14P. The Bertz CT molecular complexity index is 3840. The number of nitrogens with two attached hydrogens (primary N) is 6. The third-order valence-electron chi connectivity index (χ3n) is 20.7. The van der Waals surface area contributed by atoms with Gasteiger partial charge in [-0.1, -0.05) is 64.9 Å². The maximum atomic E-state index is 14.4. The summed E-state index contributed by atoms with van der Waals surface area (Å²) in [4.78, 5) is 126. The van der Waals surface area contributed by atoms with Crippen LogP contribution in [-0.2, 0) is 68.7 Å². The van der Waals surface area contributed by atoms with E-state index in [1.807, 2.05) is 90.9 Å². The largest absolute Gasteiger partial charge is 2.00 e. The van der Waals surface area contributed by atoms with Gasteiger partial charge in [0.2, 0.25) is 41.4 Å². The molecule has 515 valence electrons. The molecule has 15 unspecified atom stereocenters. The zero-order valence-electron chi connectivity index (χ0n) is 54.8. The number of carbonyl (C=O) groups is 7. The van der Waals surface area contributed by atoms with Crippen LogP contribution in [0.3, 0.4) is 0 Å². The Hall–Kier alpha value is -7.52. The van der Waals surface area contributed by atoms with E-state index in [0.29, 0.717) is 56.4 Å². The Morgan fingerprint density at radius 1 is 0.800 bits per heavy atom. The van der Waals surface area contributed by atoms with Gasteiger partial charge in [-0.25, -0.2) is 9.55 Å². The second-order valence-electron chi connectivity index (χ2n) is 27.3. The number of rotatable bonds is 26. The van der Waals surface area contributed by atoms with E-state index < -0.39 is 143 Å².